The molecule has 0 bridgehead atoms. The van der Waals surface area contributed by atoms with Gasteiger partial charge in [-0.1, -0.05) is 0 Å². The van der Waals surface area contributed by atoms with E-state index in [1.807, 2.05) is 23.2 Å². The van der Waals surface area contributed by atoms with Crippen molar-refractivity contribution in [2.75, 3.05) is 13.1 Å². The fourth-order valence-electron chi connectivity index (χ4n) is 2.30. The average molecular weight is 480 g/mol. The molecule has 8 heteroatoms. The monoisotopic (exact) mass is 477 g/mol. The summed E-state index contributed by atoms with van der Waals surface area (Å²) in [6, 6.07) is 4.21. The molecule has 0 saturated carbocycles. The Balaban J connectivity index is 0.000000745. The standard InChI is InChI=1S/C14H23N5.2BrH.Ni/c1-11-9-13(3)18(16-11)7-5-15-6-8-19-14(4)10-12(2)17-19;;;/h9-10,15H,5-8H2,1-4H3;2*1H;/q;;;+3/p-2. The number of nitrogens with one attached hydrogen (secondary N) is 1. The first-order chi connectivity index (χ1) is 10.5. The number of hydrogen-bond donors (Lipinski definition) is 1. The van der Waals surface area contributed by atoms with Gasteiger partial charge in [0.1, 0.15) is 0 Å². The van der Waals surface area contributed by atoms with Gasteiger partial charge in [-0.3, -0.25) is 9.36 Å². The van der Waals surface area contributed by atoms with E-state index in [0.29, 0.717) is 0 Å². The predicted octanol–water partition coefficient (Wildman–Crippen LogP) is 3.29. The van der Waals surface area contributed by atoms with Gasteiger partial charge in [-0.2, -0.15) is 10.2 Å². The third-order valence-electron chi connectivity index (χ3n) is 3.21. The first-order valence-corrected chi connectivity index (χ1v) is 11.9. The average Bonchev–Trinajstić information content (AvgIpc) is 2.92. The molecule has 22 heavy (non-hydrogen) atoms. The molecule has 0 amide bonds. The molecule has 0 aromatic carbocycles. The van der Waals surface area contributed by atoms with Crippen molar-refractivity contribution < 1.29 is 10.9 Å². The van der Waals surface area contributed by atoms with Crippen LogP contribution < -0.4 is 5.32 Å². The minimum absolute atomic E-state index is 0.913. The van der Waals surface area contributed by atoms with E-state index in [-0.39, 0.29) is 0 Å². The summed E-state index contributed by atoms with van der Waals surface area (Å²) in [6.07, 6.45) is 0. The van der Waals surface area contributed by atoms with Crippen molar-refractivity contribution in [1.82, 2.24) is 24.9 Å². The molecule has 0 radical (unpaired) electrons. The molecule has 5 nitrogen and oxygen atoms in total. The second-order valence-electron chi connectivity index (χ2n) is 5.10. The third kappa shape index (κ3) is 6.94. The molecule has 2 aromatic rings. The van der Waals surface area contributed by atoms with Gasteiger partial charge >= 0.3 is 39.3 Å². The van der Waals surface area contributed by atoms with E-state index in [1.165, 1.54) is 22.3 Å². The van der Waals surface area contributed by atoms with Crippen LogP contribution in [0.3, 0.4) is 0 Å². The molecule has 0 spiro atoms. The first kappa shape index (κ1) is 19.9. The van der Waals surface area contributed by atoms with E-state index in [1.54, 1.807) is 0 Å². The second kappa shape index (κ2) is 10.6. The summed E-state index contributed by atoms with van der Waals surface area (Å²) in [6.45, 7) is 11.9. The SMILES string of the molecule is Cc1cc(C)n(CCNCCn2nc(C)cc2C)n1.[Br][Ni+][Br]. The molecule has 127 valence electrons. The van der Waals surface area contributed by atoms with Gasteiger partial charge in [0.25, 0.3) is 0 Å². The van der Waals surface area contributed by atoms with Gasteiger partial charge in [0.15, 0.2) is 0 Å². The Bertz CT molecular complexity index is 519. The normalized spacial score (nSPS) is 10.6. The van der Waals surface area contributed by atoms with Gasteiger partial charge in [-0.25, -0.2) is 0 Å². The number of aryl methyl sites for hydroxylation is 4. The molecule has 0 atom stereocenters. The Hall–Kier alpha value is -0.166. The van der Waals surface area contributed by atoms with Crippen molar-refractivity contribution in [1.29, 1.82) is 0 Å². The Morgan fingerprint density at radius 2 is 1.27 bits per heavy atom. The number of hydrogen-bond acceptors (Lipinski definition) is 3. The molecular formula is C14H23Br2N5Ni+. The molecule has 2 rings (SSSR count). The summed E-state index contributed by atoms with van der Waals surface area (Å²) in [5, 5.41) is 12.3. The van der Waals surface area contributed by atoms with E-state index in [9.17, 15) is 0 Å². The van der Waals surface area contributed by atoms with Crippen molar-refractivity contribution in [3.63, 3.8) is 0 Å². The van der Waals surface area contributed by atoms with Gasteiger partial charge in [-0.05, 0) is 39.8 Å². The predicted molar refractivity (Wildman–Crippen MR) is 94.1 cm³/mol. The van der Waals surface area contributed by atoms with Crippen molar-refractivity contribution >= 4 is 28.5 Å². The van der Waals surface area contributed by atoms with Crippen LogP contribution in [0.25, 0.3) is 0 Å². The molecule has 2 heterocycles. The molecule has 0 aliphatic heterocycles. The Morgan fingerprint density at radius 3 is 1.55 bits per heavy atom. The molecule has 2 aromatic heterocycles. The zero-order valence-corrected chi connectivity index (χ0v) is 17.5. The quantitative estimate of drug-likeness (QED) is 0.511. The first-order valence-electron chi connectivity index (χ1n) is 7.03. The molecule has 0 aliphatic carbocycles. The summed E-state index contributed by atoms with van der Waals surface area (Å²) in [5.41, 5.74) is 4.61. The molecule has 0 unspecified atom stereocenters. The summed E-state index contributed by atoms with van der Waals surface area (Å²) in [5.74, 6) is 0. The summed E-state index contributed by atoms with van der Waals surface area (Å²) >= 11 is 6.00. The van der Waals surface area contributed by atoms with Crippen LogP contribution in [0, 0.1) is 27.7 Å². The fraction of sp³-hybridized carbons (Fsp3) is 0.571. The Labute approximate surface area is 152 Å². The van der Waals surface area contributed by atoms with E-state index in [4.69, 9.17) is 0 Å². The zero-order chi connectivity index (χ0) is 16.5. The van der Waals surface area contributed by atoms with Crippen LogP contribution >= 0.6 is 28.5 Å². The maximum atomic E-state index is 4.44. The third-order valence-corrected chi connectivity index (χ3v) is 3.21. The van der Waals surface area contributed by atoms with Gasteiger partial charge in [0, 0.05) is 24.5 Å². The van der Waals surface area contributed by atoms with Gasteiger partial charge in [0.05, 0.1) is 24.5 Å². The Morgan fingerprint density at radius 1 is 0.909 bits per heavy atom. The summed E-state index contributed by atoms with van der Waals surface area (Å²) in [7, 11) is 1.25. The summed E-state index contributed by atoms with van der Waals surface area (Å²) < 4.78 is 4.09. The van der Waals surface area contributed by atoms with Crippen LogP contribution in [0.5, 0.6) is 0 Å². The maximum absolute atomic E-state index is 4.44. The molecule has 1 N–H and O–H groups in total. The van der Waals surface area contributed by atoms with Crippen molar-refractivity contribution in [2.24, 2.45) is 0 Å². The van der Waals surface area contributed by atoms with Gasteiger partial charge < -0.3 is 5.32 Å². The van der Waals surface area contributed by atoms with Crippen LogP contribution in [0.2, 0.25) is 0 Å². The topological polar surface area (TPSA) is 47.7 Å². The van der Waals surface area contributed by atoms with Gasteiger partial charge in [0.2, 0.25) is 0 Å². The molecule has 0 aliphatic rings. The fourth-order valence-corrected chi connectivity index (χ4v) is 2.30. The van der Waals surface area contributed by atoms with Crippen LogP contribution in [-0.2, 0) is 24.0 Å². The molecule has 0 saturated heterocycles. The van der Waals surface area contributed by atoms with Crippen molar-refractivity contribution in [3.8, 4) is 0 Å². The zero-order valence-electron chi connectivity index (χ0n) is 13.3. The van der Waals surface area contributed by atoms with Crippen LogP contribution in [0.15, 0.2) is 12.1 Å². The second-order valence-corrected chi connectivity index (χ2v) is 10.1. The van der Waals surface area contributed by atoms with E-state index in [0.717, 1.165) is 37.6 Å². The van der Waals surface area contributed by atoms with E-state index < -0.39 is 0 Å². The van der Waals surface area contributed by atoms with E-state index >= 15 is 0 Å². The minimum atomic E-state index is 0.913. The Kier molecular flexibility index (Phi) is 9.56. The molecular weight excluding hydrogens is 457 g/mol. The van der Waals surface area contributed by atoms with Crippen LogP contribution in [0.1, 0.15) is 22.8 Å². The number of aromatic nitrogens is 4. The summed E-state index contributed by atoms with van der Waals surface area (Å²) in [4.78, 5) is 0. The van der Waals surface area contributed by atoms with Crippen molar-refractivity contribution in [2.45, 2.75) is 40.8 Å². The number of rotatable bonds is 6. The van der Waals surface area contributed by atoms with Gasteiger partial charge in [-0.15, -0.1) is 0 Å². The van der Waals surface area contributed by atoms with Crippen LogP contribution in [-0.4, -0.2) is 32.7 Å². The van der Waals surface area contributed by atoms with E-state index in [2.05, 4.69) is 69.9 Å². The van der Waals surface area contributed by atoms with Crippen LogP contribution in [0.4, 0.5) is 0 Å². The van der Waals surface area contributed by atoms with Crippen molar-refractivity contribution in [3.05, 3.63) is 34.9 Å². The number of nitrogens with zero attached hydrogens (tertiary/aromatic N) is 4. The molecule has 0 fully saturated rings. The number of halogens is 2.